The van der Waals surface area contributed by atoms with Crippen molar-refractivity contribution in [1.29, 1.82) is 0 Å². The molecule has 0 saturated carbocycles. The van der Waals surface area contributed by atoms with Gasteiger partial charge in [-0.2, -0.15) is 0 Å². The molecule has 0 unspecified atom stereocenters. The summed E-state index contributed by atoms with van der Waals surface area (Å²) in [5.41, 5.74) is 2.11. The van der Waals surface area contributed by atoms with E-state index in [0.29, 0.717) is 17.5 Å². The number of anilines is 1. The third-order valence-electron chi connectivity index (χ3n) is 4.63. The number of hydrogen-bond acceptors (Lipinski definition) is 7. The van der Waals surface area contributed by atoms with E-state index >= 15 is 0 Å². The number of non-ortho nitro benzene ring substituents is 1. The quantitative estimate of drug-likeness (QED) is 0.269. The summed E-state index contributed by atoms with van der Waals surface area (Å²) < 4.78 is 7.86. The van der Waals surface area contributed by atoms with Crippen molar-refractivity contribution in [2.45, 2.75) is 39.1 Å². The molecule has 0 fully saturated rings. The Morgan fingerprint density at radius 1 is 1.25 bits per heavy atom. The molecule has 0 saturated heterocycles. The number of nitrogens with zero attached hydrogens (tertiary/aromatic N) is 4. The third-order valence-corrected chi connectivity index (χ3v) is 5.93. The molecule has 1 N–H and O–H groups in total. The molecule has 0 atom stereocenters. The number of nitro benzene ring substituents is 1. The van der Waals surface area contributed by atoms with Crippen LogP contribution in [0.1, 0.15) is 23.9 Å². The summed E-state index contributed by atoms with van der Waals surface area (Å²) in [7, 11) is 0. The smallest absolute Gasteiger partial charge is 0.271 e. The molecule has 1 heterocycles. The highest BCUT2D eigenvalue weighted by Crippen LogP contribution is 2.27. The molecule has 0 aliphatic heterocycles. The second-order valence-electron chi connectivity index (χ2n) is 6.91. The summed E-state index contributed by atoms with van der Waals surface area (Å²) in [6.07, 6.45) is 0. The average Bonchev–Trinajstić information content (AvgIpc) is 3.15. The number of benzene rings is 2. The number of nitro groups is 1. The number of hydrogen-bond donors (Lipinski definition) is 1. The Morgan fingerprint density at radius 2 is 1.97 bits per heavy atom. The van der Waals surface area contributed by atoms with Crippen LogP contribution in [0.25, 0.3) is 0 Å². The van der Waals surface area contributed by atoms with Crippen LogP contribution in [-0.4, -0.2) is 31.3 Å². The number of thioether (sulfide) groups is 1. The molecular formula is C21H22ClN5O4S. The van der Waals surface area contributed by atoms with Gasteiger partial charge in [0.05, 0.1) is 21.4 Å². The Bertz CT molecular complexity index is 1130. The Balaban J connectivity index is 1.63. The summed E-state index contributed by atoms with van der Waals surface area (Å²) in [5.74, 6) is 1.14. The van der Waals surface area contributed by atoms with E-state index in [4.69, 9.17) is 16.3 Å². The Hall–Kier alpha value is -3.11. The summed E-state index contributed by atoms with van der Waals surface area (Å²) in [5, 5.41) is 22.7. The van der Waals surface area contributed by atoms with Crippen molar-refractivity contribution in [3.8, 4) is 5.75 Å². The molecule has 0 aliphatic carbocycles. The molecule has 11 heteroatoms. The van der Waals surface area contributed by atoms with Gasteiger partial charge in [-0.05, 0) is 38.0 Å². The number of aromatic nitrogens is 3. The number of carbonyl (C=O) groups is 1. The third kappa shape index (κ3) is 5.57. The van der Waals surface area contributed by atoms with Crippen molar-refractivity contribution >= 4 is 40.6 Å². The van der Waals surface area contributed by atoms with E-state index in [1.165, 1.54) is 30.0 Å². The van der Waals surface area contributed by atoms with Crippen LogP contribution in [0.4, 0.5) is 11.4 Å². The average molecular weight is 476 g/mol. The van der Waals surface area contributed by atoms with Gasteiger partial charge in [0.1, 0.15) is 12.4 Å². The standard InChI is InChI=1S/C21H22ClN5O4S/c1-4-26-18(11-31-20-13(2)6-5-7-14(20)3)24-25-21(26)32-12-19(28)23-17-10-15(27(29)30)8-9-16(17)22/h5-10H,4,11-12H2,1-3H3,(H,23,28). The summed E-state index contributed by atoms with van der Waals surface area (Å²) >= 11 is 7.25. The zero-order valence-corrected chi connectivity index (χ0v) is 19.4. The van der Waals surface area contributed by atoms with Gasteiger partial charge in [-0.25, -0.2) is 0 Å². The van der Waals surface area contributed by atoms with Crippen molar-refractivity contribution in [3.05, 3.63) is 68.5 Å². The molecule has 1 aromatic heterocycles. The lowest BCUT2D eigenvalue weighted by Crippen LogP contribution is -2.15. The fourth-order valence-electron chi connectivity index (χ4n) is 3.05. The molecular weight excluding hydrogens is 454 g/mol. The normalized spacial score (nSPS) is 10.8. The molecule has 0 spiro atoms. The van der Waals surface area contributed by atoms with Crippen molar-refractivity contribution in [3.63, 3.8) is 0 Å². The van der Waals surface area contributed by atoms with Crippen LogP contribution >= 0.6 is 23.4 Å². The number of carbonyl (C=O) groups excluding carboxylic acids is 1. The highest BCUT2D eigenvalue weighted by atomic mass is 35.5. The molecule has 3 rings (SSSR count). The van der Waals surface area contributed by atoms with Gasteiger partial charge in [0.25, 0.3) is 5.69 Å². The minimum absolute atomic E-state index is 0.0366. The molecule has 3 aromatic rings. The second-order valence-corrected chi connectivity index (χ2v) is 8.26. The minimum atomic E-state index is -0.549. The Kier molecular flexibility index (Phi) is 7.70. The molecule has 168 valence electrons. The van der Waals surface area contributed by atoms with E-state index in [2.05, 4.69) is 15.5 Å². The first-order chi connectivity index (χ1) is 15.3. The number of rotatable bonds is 9. The van der Waals surface area contributed by atoms with E-state index in [1.54, 1.807) is 0 Å². The van der Waals surface area contributed by atoms with Gasteiger partial charge in [0.15, 0.2) is 11.0 Å². The van der Waals surface area contributed by atoms with Crippen LogP contribution < -0.4 is 10.1 Å². The summed E-state index contributed by atoms with van der Waals surface area (Å²) in [6, 6.07) is 9.83. The molecule has 2 aromatic carbocycles. The predicted molar refractivity (Wildman–Crippen MR) is 123 cm³/mol. The van der Waals surface area contributed by atoms with Gasteiger partial charge in [-0.15, -0.1) is 10.2 Å². The van der Waals surface area contributed by atoms with E-state index < -0.39 is 4.92 Å². The van der Waals surface area contributed by atoms with Gasteiger partial charge in [0.2, 0.25) is 5.91 Å². The highest BCUT2D eigenvalue weighted by molar-refractivity contribution is 7.99. The van der Waals surface area contributed by atoms with Crippen LogP contribution in [-0.2, 0) is 17.9 Å². The number of nitrogens with one attached hydrogen (secondary N) is 1. The summed E-state index contributed by atoms with van der Waals surface area (Å²) in [4.78, 5) is 22.8. The Morgan fingerprint density at radius 3 is 2.62 bits per heavy atom. The largest absolute Gasteiger partial charge is 0.485 e. The van der Waals surface area contributed by atoms with Gasteiger partial charge >= 0.3 is 0 Å². The SMILES string of the molecule is CCn1c(COc2c(C)cccc2C)nnc1SCC(=O)Nc1cc([N+](=O)[O-])ccc1Cl. The van der Waals surface area contributed by atoms with Gasteiger partial charge in [-0.3, -0.25) is 14.9 Å². The maximum Gasteiger partial charge on any atom is 0.271 e. The maximum atomic E-state index is 12.4. The number of para-hydroxylation sites is 1. The molecule has 9 nitrogen and oxygen atoms in total. The molecule has 32 heavy (non-hydrogen) atoms. The molecule has 0 bridgehead atoms. The van der Waals surface area contributed by atoms with Crippen LogP contribution in [0.5, 0.6) is 5.75 Å². The lowest BCUT2D eigenvalue weighted by atomic mass is 10.1. The van der Waals surface area contributed by atoms with Crippen LogP contribution in [0.15, 0.2) is 41.6 Å². The molecule has 1 amide bonds. The van der Waals surface area contributed by atoms with Gasteiger partial charge in [-0.1, -0.05) is 41.6 Å². The van der Waals surface area contributed by atoms with Crippen molar-refractivity contribution in [2.75, 3.05) is 11.1 Å². The first-order valence-electron chi connectivity index (χ1n) is 9.77. The molecule has 0 aliphatic rings. The number of aryl methyl sites for hydroxylation is 2. The monoisotopic (exact) mass is 475 g/mol. The van der Waals surface area contributed by atoms with E-state index in [-0.39, 0.29) is 34.7 Å². The van der Waals surface area contributed by atoms with Crippen molar-refractivity contribution in [2.24, 2.45) is 0 Å². The van der Waals surface area contributed by atoms with Crippen LogP contribution in [0, 0.1) is 24.0 Å². The van der Waals surface area contributed by atoms with E-state index in [9.17, 15) is 14.9 Å². The maximum absolute atomic E-state index is 12.4. The number of halogens is 1. The second kappa shape index (κ2) is 10.5. The fraction of sp³-hybridized carbons (Fsp3) is 0.286. The first-order valence-corrected chi connectivity index (χ1v) is 11.1. The lowest BCUT2D eigenvalue weighted by molar-refractivity contribution is -0.384. The van der Waals surface area contributed by atoms with E-state index in [1.807, 2.05) is 43.5 Å². The number of amides is 1. The summed E-state index contributed by atoms with van der Waals surface area (Å²) in [6.45, 7) is 6.79. The van der Waals surface area contributed by atoms with E-state index in [0.717, 1.165) is 16.9 Å². The minimum Gasteiger partial charge on any atom is -0.485 e. The van der Waals surface area contributed by atoms with Crippen molar-refractivity contribution < 1.29 is 14.5 Å². The van der Waals surface area contributed by atoms with Gasteiger partial charge < -0.3 is 14.6 Å². The van der Waals surface area contributed by atoms with Gasteiger partial charge in [0, 0.05) is 18.7 Å². The molecule has 0 radical (unpaired) electrons. The first kappa shape index (κ1) is 23.6. The zero-order valence-electron chi connectivity index (χ0n) is 17.8. The Labute approximate surface area is 194 Å². The lowest BCUT2D eigenvalue weighted by Gasteiger charge is -2.12. The van der Waals surface area contributed by atoms with Crippen molar-refractivity contribution in [1.82, 2.24) is 14.8 Å². The van der Waals surface area contributed by atoms with Crippen LogP contribution in [0.3, 0.4) is 0 Å². The zero-order chi connectivity index (χ0) is 23.3. The highest BCUT2D eigenvalue weighted by Gasteiger charge is 2.16. The predicted octanol–water partition coefficient (Wildman–Crippen LogP) is 4.79. The number of ether oxygens (including phenoxy) is 1. The van der Waals surface area contributed by atoms with Crippen LogP contribution in [0.2, 0.25) is 5.02 Å². The topological polar surface area (TPSA) is 112 Å². The fourth-order valence-corrected chi connectivity index (χ4v) is 4.04.